The van der Waals surface area contributed by atoms with Gasteiger partial charge in [-0.25, -0.2) is 0 Å². The molecule has 1 aromatic heterocycles. The molecule has 1 atom stereocenters. The van der Waals surface area contributed by atoms with E-state index in [4.69, 9.17) is 4.74 Å². The Morgan fingerprint density at radius 2 is 2.19 bits per heavy atom. The van der Waals surface area contributed by atoms with Crippen molar-refractivity contribution < 1.29 is 9.53 Å². The SMILES string of the molecule is O=C(Cn1cc(-c2ccccc2)cn1)NC[C@@H]1CCCO1. The number of nitrogens with one attached hydrogen (secondary N) is 1. The molecule has 1 amide bonds. The lowest BCUT2D eigenvalue weighted by molar-refractivity contribution is -0.122. The van der Waals surface area contributed by atoms with E-state index in [0.29, 0.717) is 6.54 Å². The van der Waals surface area contributed by atoms with Gasteiger partial charge in [0, 0.05) is 24.9 Å². The van der Waals surface area contributed by atoms with Crippen molar-refractivity contribution in [3.05, 3.63) is 42.7 Å². The van der Waals surface area contributed by atoms with Crippen LogP contribution in [0.1, 0.15) is 12.8 Å². The van der Waals surface area contributed by atoms with Gasteiger partial charge < -0.3 is 10.1 Å². The summed E-state index contributed by atoms with van der Waals surface area (Å²) in [7, 11) is 0. The molecule has 1 aliphatic rings. The average Bonchev–Trinajstić information content (AvgIpc) is 3.17. The van der Waals surface area contributed by atoms with Crippen LogP contribution < -0.4 is 5.32 Å². The van der Waals surface area contributed by atoms with E-state index in [9.17, 15) is 4.79 Å². The second-order valence-corrected chi connectivity index (χ2v) is 5.23. The fourth-order valence-corrected chi connectivity index (χ4v) is 2.47. The molecule has 1 fully saturated rings. The van der Waals surface area contributed by atoms with Crippen LogP contribution in [0.3, 0.4) is 0 Å². The third kappa shape index (κ3) is 3.70. The first kappa shape index (κ1) is 13.8. The number of benzene rings is 1. The largest absolute Gasteiger partial charge is 0.376 e. The third-order valence-corrected chi connectivity index (χ3v) is 3.60. The van der Waals surface area contributed by atoms with E-state index < -0.39 is 0 Å². The maximum Gasteiger partial charge on any atom is 0.241 e. The summed E-state index contributed by atoms with van der Waals surface area (Å²) in [5.74, 6) is -0.0341. The molecule has 1 aliphatic heterocycles. The summed E-state index contributed by atoms with van der Waals surface area (Å²) in [6.07, 6.45) is 5.95. The van der Waals surface area contributed by atoms with Crippen LogP contribution in [0.15, 0.2) is 42.7 Å². The molecule has 110 valence electrons. The highest BCUT2D eigenvalue weighted by Crippen LogP contribution is 2.17. The van der Waals surface area contributed by atoms with Crippen LogP contribution in [0, 0.1) is 0 Å². The number of rotatable bonds is 5. The smallest absolute Gasteiger partial charge is 0.241 e. The minimum Gasteiger partial charge on any atom is -0.376 e. The Hall–Kier alpha value is -2.14. The minimum atomic E-state index is -0.0341. The van der Waals surface area contributed by atoms with Crippen molar-refractivity contribution in [3.8, 4) is 11.1 Å². The van der Waals surface area contributed by atoms with Gasteiger partial charge in [0.05, 0.1) is 12.3 Å². The molecule has 0 radical (unpaired) electrons. The summed E-state index contributed by atoms with van der Waals surface area (Å²) in [5, 5.41) is 7.13. The topological polar surface area (TPSA) is 56.2 Å². The number of hydrogen-bond acceptors (Lipinski definition) is 3. The molecule has 21 heavy (non-hydrogen) atoms. The number of carbonyl (C=O) groups is 1. The van der Waals surface area contributed by atoms with Crippen LogP contribution in [0.4, 0.5) is 0 Å². The number of aromatic nitrogens is 2. The predicted molar refractivity (Wildman–Crippen MR) is 79.6 cm³/mol. The normalized spacial score (nSPS) is 17.8. The van der Waals surface area contributed by atoms with Crippen LogP contribution in [0.25, 0.3) is 11.1 Å². The fraction of sp³-hybridized carbons (Fsp3) is 0.375. The highest BCUT2D eigenvalue weighted by Gasteiger charge is 2.16. The van der Waals surface area contributed by atoms with Gasteiger partial charge in [0.2, 0.25) is 5.91 Å². The summed E-state index contributed by atoms with van der Waals surface area (Å²) < 4.78 is 7.14. The van der Waals surface area contributed by atoms with Gasteiger partial charge in [-0.3, -0.25) is 9.48 Å². The highest BCUT2D eigenvalue weighted by molar-refractivity contribution is 5.75. The molecule has 1 N–H and O–H groups in total. The van der Waals surface area contributed by atoms with E-state index >= 15 is 0 Å². The number of hydrogen-bond donors (Lipinski definition) is 1. The monoisotopic (exact) mass is 285 g/mol. The zero-order valence-corrected chi connectivity index (χ0v) is 11.9. The number of ether oxygens (including phenoxy) is 1. The van der Waals surface area contributed by atoms with E-state index in [1.54, 1.807) is 10.9 Å². The molecule has 2 heterocycles. The molecule has 5 nitrogen and oxygen atoms in total. The molecule has 0 unspecified atom stereocenters. The van der Waals surface area contributed by atoms with Crippen molar-refractivity contribution >= 4 is 5.91 Å². The van der Waals surface area contributed by atoms with Crippen molar-refractivity contribution in [1.29, 1.82) is 0 Å². The van der Waals surface area contributed by atoms with Crippen LogP contribution >= 0.6 is 0 Å². The molecule has 1 saturated heterocycles. The van der Waals surface area contributed by atoms with Crippen LogP contribution in [0.2, 0.25) is 0 Å². The fourth-order valence-electron chi connectivity index (χ4n) is 2.47. The maximum absolute atomic E-state index is 11.9. The van der Waals surface area contributed by atoms with E-state index in [1.165, 1.54) is 0 Å². The van der Waals surface area contributed by atoms with Gasteiger partial charge in [-0.15, -0.1) is 0 Å². The van der Waals surface area contributed by atoms with Crippen LogP contribution in [0.5, 0.6) is 0 Å². The first-order chi connectivity index (χ1) is 10.3. The molecule has 0 spiro atoms. The van der Waals surface area contributed by atoms with E-state index in [0.717, 1.165) is 30.6 Å². The Morgan fingerprint density at radius 3 is 2.95 bits per heavy atom. The lowest BCUT2D eigenvalue weighted by Gasteiger charge is -2.10. The molecule has 0 saturated carbocycles. The molecule has 0 bridgehead atoms. The second kappa shape index (κ2) is 6.54. The van der Waals surface area contributed by atoms with Gasteiger partial charge in [0.25, 0.3) is 0 Å². The van der Waals surface area contributed by atoms with Gasteiger partial charge in [-0.2, -0.15) is 5.10 Å². The molecule has 3 rings (SSSR count). The van der Waals surface area contributed by atoms with Crippen molar-refractivity contribution in [2.45, 2.75) is 25.5 Å². The zero-order chi connectivity index (χ0) is 14.5. The molecule has 1 aromatic carbocycles. The van der Waals surface area contributed by atoms with E-state index in [2.05, 4.69) is 10.4 Å². The first-order valence-electron chi connectivity index (χ1n) is 7.27. The second-order valence-electron chi connectivity index (χ2n) is 5.23. The molecule has 2 aromatic rings. The number of carbonyl (C=O) groups excluding carboxylic acids is 1. The molecule has 0 aliphatic carbocycles. The molecule has 5 heteroatoms. The van der Waals surface area contributed by atoms with Gasteiger partial charge in [0.1, 0.15) is 6.54 Å². The Kier molecular flexibility index (Phi) is 4.31. The van der Waals surface area contributed by atoms with Crippen molar-refractivity contribution in [2.24, 2.45) is 0 Å². The highest BCUT2D eigenvalue weighted by atomic mass is 16.5. The summed E-state index contributed by atoms with van der Waals surface area (Å²) in [6.45, 7) is 1.63. The van der Waals surface area contributed by atoms with Crippen LogP contribution in [-0.2, 0) is 16.1 Å². The van der Waals surface area contributed by atoms with E-state index in [1.807, 2.05) is 36.5 Å². The minimum absolute atomic E-state index is 0.0341. The van der Waals surface area contributed by atoms with Gasteiger partial charge in [0.15, 0.2) is 0 Å². The average molecular weight is 285 g/mol. The van der Waals surface area contributed by atoms with Crippen molar-refractivity contribution in [2.75, 3.05) is 13.2 Å². The quantitative estimate of drug-likeness (QED) is 0.912. The van der Waals surface area contributed by atoms with Gasteiger partial charge in [-0.05, 0) is 18.4 Å². The zero-order valence-electron chi connectivity index (χ0n) is 11.9. The third-order valence-electron chi connectivity index (χ3n) is 3.60. The van der Waals surface area contributed by atoms with Gasteiger partial charge in [-0.1, -0.05) is 30.3 Å². The number of nitrogens with zero attached hydrogens (tertiary/aromatic N) is 2. The lowest BCUT2D eigenvalue weighted by atomic mass is 10.1. The van der Waals surface area contributed by atoms with Crippen LogP contribution in [-0.4, -0.2) is 34.9 Å². The van der Waals surface area contributed by atoms with Crippen molar-refractivity contribution in [3.63, 3.8) is 0 Å². The predicted octanol–water partition coefficient (Wildman–Crippen LogP) is 1.85. The Labute approximate surface area is 123 Å². The van der Waals surface area contributed by atoms with Crippen molar-refractivity contribution in [1.82, 2.24) is 15.1 Å². The standard InChI is InChI=1S/C16H19N3O2/c20-16(17-10-15-7-4-8-21-15)12-19-11-14(9-18-19)13-5-2-1-3-6-13/h1-3,5-6,9,11,15H,4,7-8,10,12H2,(H,17,20)/t15-/m0/s1. The Morgan fingerprint density at radius 1 is 1.33 bits per heavy atom. The molecular formula is C16H19N3O2. The summed E-state index contributed by atoms with van der Waals surface area (Å²) in [4.78, 5) is 11.9. The summed E-state index contributed by atoms with van der Waals surface area (Å²) in [6, 6.07) is 10.0. The Balaban J connectivity index is 1.53. The van der Waals surface area contributed by atoms with Gasteiger partial charge >= 0.3 is 0 Å². The summed E-state index contributed by atoms with van der Waals surface area (Å²) >= 11 is 0. The maximum atomic E-state index is 11.9. The summed E-state index contributed by atoms with van der Waals surface area (Å²) in [5.41, 5.74) is 2.12. The first-order valence-corrected chi connectivity index (χ1v) is 7.27. The van der Waals surface area contributed by atoms with E-state index in [-0.39, 0.29) is 18.6 Å². The number of amides is 1. The Bertz CT molecular complexity index is 589. The molecular weight excluding hydrogens is 266 g/mol. The lowest BCUT2D eigenvalue weighted by Crippen LogP contribution is -2.34.